The van der Waals surface area contributed by atoms with Gasteiger partial charge in [0.25, 0.3) is 0 Å². The lowest BCUT2D eigenvalue weighted by Gasteiger charge is -2.36. The first-order valence-electron chi connectivity index (χ1n) is 5.82. The largest absolute Gasteiger partial charge is 0.372 e. The highest BCUT2D eigenvalue weighted by molar-refractivity contribution is 7.17. The van der Waals surface area contributed by atoms with Crippen LogP contribution in [0.25, 0.3) is 10.2 Å². The zero-order valence-electron chi connectivity index (χ0n) is 9.96. The fourth-order valence-electron chi connectivity index (χ4n) is 2.35. The zero-order valence-corrected chi connectivity index (χ0v) is 10.8. The van der Waals surface area contributed by atoms with E-state index in [1.54, 1.807) is 17.7 Å². The summed E-state index contributed by atoms with van der Waals surface area (Å²) in [5, 5.41) is 2.07. The van der Waals surface area contributed by atoms with E-state index < -0.39 is 0 Å². The predicted octanol–water partition coefficient (Wildman–Crippen LogP) is 2.30. The number of thiophene rings is 1. The molecule has 2 aromatic rings. The molecule has 1 fully saturated rings. The van der Waals surface area contributed by atoms with E-state index in [0.29, 0.717) is 0 Å². The molecule has 0 unspecified atom stereocenters. The van der Waals surface area contributed by atoms with Gasteiger partial charge in [0.05, 0.1) is 22.4 Å². The number of ether oxygens (including phenoxy) is 1. The third-order valence-electron chi connectivity index (χ3n) is 2.94. The van der Waals surface area contributed by atoms with E-state index in [1.165, 1.54) is 4.70 Å². The summed E-state index contributed by atoms with van der Waals surface area (Å²) in [6.07, 6.45) is 2.15. The van der Waals surface area contributed by atoms with Crippen molar-refractivity contribution in [3.05, 3.63) is 17.8 Å². The molecule has 0 bridgehead atoms. The Morgan fingerprint density at radius 1 is 1.29 bits per heavy atom. The SMILES string of the molecule is C[C@@H]1CN(c2ncnc3ccsc23)C[C@@H](C)O1. The number of anilines is 1. The van der Waals surface area contributed by atoms with Crippen LogP contribution in [0.15, 0.2) is 17.8 Å². The van der Waals surface area contributed by atoms with Gasteiger partial charge in [-0.05, 0) is 25.3 Å². The minimum atomic E-state index is 0.253. The molecule has 17 heavy (non-hydrogen) atoms. The van der Waals surface area contributed by atoms with Crippen LogP contribution in [0, 0.1) is 0 Å². The first kappa shape index (κ1) is 10.9. The number of aromatic nitrogens is 2. The van der Waals surface area contributed by atoms with Gasteiger partial charge in [-0.1, -0.05) is 0 Å². The average molecular weight is 249 g/mol. The number of rotatable bonds is 1. The Hall–Kier alpha value is -1.20. The van der Waals surface area contributed by atoms with Crippen LogP contribution in [0.4, 0.5) is 5.82 Å². The maximum Gasteiger partial charge on any atom is 0.150 e. The maximum atomic E-state index is 5.75. The molecule has 0 saturated carbocycles. The second-order valence-corrected chi connectivity index (χ2v) is 5.41. The van der Waals surface area contributed by atoms with Crippen LogP contribution >= 0.6 is 11.3 Å². The van der Waals surface area contributed by atoms with E-state index in [1.807, 2.05) is 6.07 Å². The number of fused-ring (bicyclic) bond motifs is 1. The van der Waals surface area contributed by atoms with Crippen molar-refractivity contribution in [3.63, 3.8) is 0 Å². The molecule has 3 rings (SSSR count). The molecular weight excluding hydrogens is 234 g/mol. The fraction of sp³-hybridized carbons (Fsp3) is 0.500. The minimum Gasteiger partial charge on any atom is -0.372 e. The fourth-order valence-corrected chi connectivity index (χ4v) is 3.21. The summed E-state index contributed by atoms with van der Waals surface area (Å²) in [5.41, 5.74) is 1.03. The Kier molecular flexibility index (Phi) is 2.72. The van der Waals surface area contributed by atoms with E-state index >= 15 is 0 Å². The maximum absolute atomic E-state index is 5.75. The highest BCUT2D eigenvalue weighted by atomic mass is 32.1. The lowest BCUT2D eigenvalue weighted by molar-refractivity contribution is -0.00536. The van der Waals surface area contributed by atoms with Crippen molar-refractivity contribution < 1.29 is 4.74 Å². The molecule has 1 aliphatic rings. The van der Waals surface area contributed by atoms with Crippen LogP contribution < -0.4 is 4.90 Å². The van der Waals surface area contributed by atoms with Crippen molar-refractivity contribution in [1.29, 1.82) is 0 Å². The molecule has 0 N–H and O–H groups in total. The normalized spacial score (nSPS) is 25.4. The van der Waals surface area contributed by atoms with Gasteiger partial charge in [-0.25, -0.2) is 9.97 Å². The number of morpholine rings is 1. The van der Waals surface area contributed by atoms with E-state index in [-0.39, 0.29) is 12.2 Å². The highest BCUT2D eigenvalue weighted by Crippen LogP contribution is 2.29. The van der Waals surface area contributed by atoms with Crippen LogP contribution in [0.1, 0.15) is 13.8 Å². The quantitative estimate of drug-likeness (QED) is 0.777. The van der Waals surface area contributed by atoms with Gasteiger partial charge in [0, 0.05) is 13.1 Å². The van der Waals surface area contributed by atoms with Gasteiger partial charge < -0.3 is 9.64 Å². The minimum absolute atomic E-state index is 0.253. The van der Waals surface area contributed by atoms with Crippen molar-refractivity contribution in [3.8, 4) is 0 Å². The van der Waals surface area contributed by atoms with Gasteiger partial charge in [-0.2, -0.15) is 0 Å². The third kappa shape index (κ3) is 2.00. The molecule has 0 aromatic carbocycles. The molecule has 90 valence electrons. The van der Waals surface area contributed by atoms with E-state index in [2.05, 4.69) is 34.1 Å². The van der Waals surface area contributed by atoms with Crippen molar-refractivity contribution in [1.82, 2.24) is 9.97 Å². The molecule has 2 atom stereocenters. The van der Waals surface area contributed by atoms with Gasteiger partial charge in [-0.15, -0.1) is 11.3 Å². The molecule has 0 amide bonds. The highest BCUT2D eigenvalue weighted by Gasteiger charge is 2.24. The van der Waals surface area contributed by atoms with Crippen molar-refractivity contribution in [2.75, 3.05) is 18.0 Å². The Balaban J connectivity index is 2.00. The monoisotopic (exact) mass is 249 g/mol. The smallest absolute Gasteiger partial charge is 0.150 e. The predicted molar refractivity (Wildman–Crippen MR) is 69.6 cm³/mol. The number of hydrogen-bond acceptors (Lipinski definition) is 5. The van der Waals surface area contributed by atoms with Gasteiger partial charge in [0.15, 0.2) is 0 Å². The lowest BCUT2D eigenvalue weighted by atomic mass is 10.2. The summed E-state index contributed by atoms with van der Waals surface area (Å²) in [6, 6.07) is 2.04. The molecule has 4 nitrogen and oxygen atoms in total. The van der Waals surface area contributed by atoms with Crippen LogP contribution in [0.2, 0.25) is 0 Å². The van der Waals surface area contributed by atoms with Gasteiger partial charge in [0.1, 0.15) is 12.1 Å². The molecule has 0 aliphatic carbocycles. The average Bonchev–Trinajstić information content (AvgIpc) is 2.75. The van der Waals surface area contributed by atoms with Gasteiger partial charge in [0.2, 0.25) is 0 Å². The summed E-state index contributed by atoms with van der Waals surface area (Å²) < 4.78 is 6.92. The standard InChI is InChI=1S/C12H15N3OS/c1-8-5-15(6-9(2)16-8)12-11-10(3-4-17-11)13-7-14-12/h3-4,7-9H,5-6H2,1-2H3/t8-,9-/m1/s1. The molecule has 5 heteroatoms. The summed E-state index contributed by atoms with van der Waals surface area (Å²) in [7, 11) is 0. The van der Waals surface area contributed by atoms with Crippen LogP contribution in [0.3, 0.4) is 0 Å². The Bertz CT molecular complexity index is 517. The van der Waals surface area contributed by atoms with Crippen LogP contribution in [-0.4, -0.2) is 35.3 Å². The zero-order chi connectivity index (χ0) is 11.8. The summed E-state index contributed by atoms with van der Waals surface area (Å²) in [5.74, 6) is 1.05. The van der Waals surface area contributed by atoms with E-state index in [9.17, 15) is 0 Å². The summed E-state index contributed by atoms with van der Waals surface area (Å²) >= 11 is 1.70. The third-order valence-corrected chi connectivity index (χ3v) is 3.84. The number of nitrogens with zero attached hydrogens (tertiary/aromatic N) is 3. The lowest BCUT2D eigenvalue weighted by Crippen LogP contribution is -2.45. The van der Waals surface area contributed by atoms with E-state index in [4.69, 9.17) is 4.74 Å². The first-order chi connectivity index (χ1) is 8.24. The van der Waals surface area contributed by atoms with Gasteiger partial charge >= 0.3 is 0 Å². The molecule has 1 saturated heterocycles. The molecular formula is C12H15N3OS. The topological polar surface area (TPSA) is 38.2 Å². The van der Waals surface area contributed by atoms with Crippen LogP contribution in [-0.2, 0) is 4.74 Å². The summed E-state index contributed by atoms with van der Waals surface area (Å²) in [4.78, 5) is 11.0. The van der Waals surface area contributed by atoms with Crippen molar-refractivity contribution in [2.24, 2.45) is 0 Å². The van der Waals surface area contributed by atoms with Crippen molar-refractivity contribution >= 4 is 27.4 Å². The Labute approximate surface area is 104 Å². The van der Waals surface area contributed by atoms with Gasteiger partial charge in [-0.3, -0.25) is 0 Å². The van der Waals surface area contributed by atoms with E-state index in [0.717, 1.165) is 24.4 Å². The molecule has 1 aliphatic heterocycles. The number of hydrogen-bond donors (Lipinski definition) is 0. The Morgan fingerprint density at radius 2 is 2.06 bits per heavy atom. The summed E-state index contributed by atoms with van der Waals surface area (Å²) in [6.45, 7) is 6.01. The molecule has 3 heterocycles. The molecule has 0 radical (unpaired) electrons. The Morgan fingerprint density at radius 3 is 2.82 bits per heavy atom. The van der Waals surface area contributed by atoms with Crippen LogP contribution in [0.5, 0.6) is 0 Å². The second-order valence-electron chi connectivity index (χ2n) is 4.49. The first-order valence-corrected chi connectivity index (χ1v) is 6.70. The molecule has 0 spiro atoms. The molecule has 2 aromatic heterocycles. The van der Waals surface area contributed by atoms with Crippen molar-refractivity contribution in [2.45, 2.75) is 26.1 Å². The second kappa shape index (κ2) is 4.23.